The van der Waals surface area contributed by atoms with Crippen molar-refractivity contribution in [3.05, 3.63) is 71.5 Å². The number of aromatic nitrogens is 1. The van der Waals surface area contributed by atoms with Gasteiger partial charge < -0.3 is 14.5 Å². The van der Waals surface area contributed by atoms with E-state index in [1.807, 2.05) is 53.1 Å². The van der Waals surface area contributed by atoms with Crippen LogP contribution in [-0.2, 0) is 20.9 Å². The molecule has 0 radical (unpaired) electrons. The zero-order chi connectivity index (χ0) is 18.1. The summed E-state index contributed by atoms with van der Waals surface area (Å²) in [7, 11) is 0. The monoisotopic (exact) mass is 345 g/mol. The molecule has 0 bridgehead atoms. The molecule has 128 valence electrons. The van der Waals surface area contributed by atoms with Gasteiger partial charge in [0.25, 0.3) is 0 Å². The van der Waals surface area contributed by atoms with E-state index in [0.717, 1.165) is 16.8 Å². The number of amides is 1. The van der Waals surface area contributed by atoms with Gasteiger partial charge in [-0.1, -0.05) is 24.3 Å². The fourth-order valence-corrected chi connectivity index (χ4v) is 3.28. The molecule has 1 aliphatic heterocycles. The molecule has 1 atom stereocenters. The SMILES string of the molecule is N#Cc1c(COC(=O)CC2C(=O)Nc3ccccc32)cn2ccccc12. The predicted octanol–water partition coefficient (Wildman–Crippen LogP) is 2.98. The van der Waals surface area contributed by atoms with Gasteiger partial charge in [0.1, 0.15) is 12.7 Å². The van der Waals surface area contributed by atoms with Crippen LogP contribution in [0.25, 0.3) is 5.52 Å². The minimum Gasteiger partial charge on any atom is -0.461 e. The second kappa shape index (κ2) is 6.37. The molecule has 1 unspecified atom stereocenters. The maximum absolute atomic E-state index is 12.3. The number of benzene rings is 1. The molecular formula is C20H15N3O3. The molecule has 0 fully saturated rings. The number of nitriles is 1. The van der Waals surface area contributed by atoms with E-state index in [-0.39, 0.29) is 18.9 Å². The van der Waals surface area contributed by atoms with Crippen LogP contribution in [0.5, 0.6) is 0 Å². The third kappa shape index (κ3) is 2.70. The second-order valence-electron chi connectivity index (χ2n) is 6.13. The molecule has 1 N–H and O–H groups in total. The van der Waals surface area contributed by atoms with Crippen molar-refractivity contribution in [1.82, 2.24) is 4.40 Å². The number of anilines is 1. The minimum absolute atomic E-state index is 0.000603. The van der Waals surface area contributed by atoms with Crippen LogP contribution < -0.4 is 5.32 Å². The molecule has 26 heavy (non-hydrogen) atoms. The third-order valence-electron chi connectivity index (χ3n) is 4.54. The van der Waals surface area contributed by atoms with Gasteiger partial charge in [0.2, 0.25) is 5.91 Å². The number of hydrogen-bond acceptors (Lipinski definition) is 4. The van der Waals surface area contributed by atoms with Crippen molar-refractivity contribution >= 4 is 23.1 Å². The van der Waals surface area contributed by atoms with Gasteiger partial charge in [0.05, 0.1) is 23.4 Å². The second-order valence-corrected chi connectivity index (χ2v) is 6.13. The van der Waals surface area contributed by atoms with Gasteiger partial charge in [0, 0.05) is 23.6 Å². The highest BCUT2D eigenvalue weighted by molar-refractivity contribution is 6.04. The number of nitrogens with one attached hydrogen (secondary N) is 1. The number of para-hydroxylation sites is 1. The molecule has 3 heterocycles. The topological polar surface area (TPSA) is 83.6 Å². The number of rotatable bonds is 4. The molecule has 0 spiro atoms. The normalized spacial score (nSPS) is 15.3. The first-order valence-electron chi connectivity index (χ1n) is 8.21. The van der Waals surface area contributed by atoms with E-state index in [1.54, 1.807) is 6.20 Å². The van der Waals surface area contributed by atoms with E-state index in [0.29, 0.717) is 11.1 Å². The molecule has 3 aromatic rings. The van der Waals surface area contributed by atoms with E-state index < -0.39 is 11.9 Å². The molecular weight excluding hydrogens is 330 g/mol. The number of esters is 1. The standard InChI is InChI=1S/C20H15N3O3/c21-10-16-13(11-23-8-4-3-7-18(16)23)12-26-19(24)9-15-14-5-1-2-6-17(14)22-20(15)25/h1-8,11,15H,9,12H2,(H,22,25). The lowest BCUT2D eigenvalue weighted by Crippen LogP contribution is -2.17. The lowest BCUT2D eigenvalue weighted by atomic mass is 9.97. The van der Waals surface area contributed by atoms with Crippen LogP contribution in [0.3, 0.4) is 0 Å². The Balaban J connectivity index is 1.47. The van der Waals surface area contributed by atoms with Crippen molar-refractivity contribution in [3.8, 4) is 6.07 Å². The maximum Gasteiger partial charge on any atom is 0.307 e. The zero-order valence-electron chi connectivity index (χ0n) is 13.8. The smallest absolute Gasteiger partial charge is 0.307 e. The summed E-state index contributed by atoms with van der Waals surface area (Å²) >= 11 is 0. The van der Waals surface area contributed by atoms with Crippen LogP contribution in [0.4, 0.5) is 5.69 Å². The van der Waals surface area contributed by atoms with Gasteiger partial charge in [0.15, 0.2) is 0 Å². The number of pyridine rings is 1. The van der Waals surface area contributed by atoms with E-state index in [2.05, 4.69) is 11.4 Å². The molecule has 6 nitrogen and oxygen atoms in total. The van der Waals surface area contributed by atoms with Crippen molar-refractivity contribution in [2.75, 3.05) is 5.32 Å². The average Bonchev–Trinajstić information content (AvgIpc) is 3.17. The highest BCUT2D eigenvalue weighted by atomic mass is 16.5. The van der Waals surface area contributed by atoms with Gasteiger partial charge in [-0.2, -0.15) is 5.26 Å². The van der Waals surface area contributed by atoms with Gasteiger partial charge in [-0.25, -0.2) is 0 Å². The summed E-state index contributed by atoms with van der Waals surface area (Å²) in [6.07, 6.45) is 3.58. The molecule has 1 aromatic carbocycles. The van der Waals surface area contributed by atoms with E-state index in [9.17, 15) is 14.9 Å². The molecule has 2 aromatic heterocycles. The average molecular weight is 345 g/mol. The van der Waals surface area contributed by atoms with Crippen LogP contribution in [0.1, 0.15) is 29.0 Å². The van der Waals surface area contributed by atoms with E-state index >= 15 is 0 Å². The molecule has 1 aliphatic rings. The number of hydrogen-bond donors (Lipinski definition) is 1. The van der Waals surface area contributed by atoms with Gasteiger partial charge in [-0.05, 0) is 23.8 Å². The van der Waals surface area contributed by atoms with Crippen LogP contribution in [0.15, 0.2) is 54.9 Å². The third-order valence-corrected chi connectivity index (χ3v) is 4.54. The van der Waals surface area contributed by atoms with E-state index in [4.69, 9.17) is 4.74 Å². The number of carbonyl (C=O) groups is 2. The highest BCUT2D eigenvalue weighted by Gasteiger charge is 2.32. The largest absolute Gasteiger partial charge is 0.461 e. The van der Waals surface area contributed by atoms with E-state index in [1.165, 1.54) is 0 Å². The first-order chi connectivity index (χ1) is 12.7. The lowest BCUT2D eigenvalue weighted by Gasteiger charge is -2.08. The van der Waals surface area contributed by atoms with Crippen molar-refractivity contribution in [3.63, 3.8) is 0 Å². The Morgan fingerprint density at radius 1 is 1.23 bits per heavy atom. The van der Waals surface area contributed by atoms with Crippen molar-refractivity contribution in [1.29, 1.82) is 5.26 Å². The van der Waals surface area contributed by atoms with Gasteiger partial charge >= 0.3 is 5.97 Å². The van der Waals surface area contributed by atoms with Crippen molar-refractivity contribution < 1.29 is 14.3 Å². The number of fused-ring (bicyclic) bond motifs is 2. The summed E-state index contributed by atoms with van der Waals surface area (Å²) in [4.78, 5) is 24.3. The summed E-state index contributed by atoms with van der Waals surface area (Å²) in [5.41, 5.74) is 3.44. The Morgan fingerprint density at radius 3 is 2.88 bits per heavy atom. The van der Waals surface area contributed by atoms with Crippen LogP contribution in [0.2, 0.25) is 0 Å². The number of nitrogens with zero attached hydrogens (tertiary/aromatic N) is 2. The minimum atomic E-state index is -0.540. The Bertz CT molecular complexity index is 1060. The zero-order valence-corrected chi connectivity index (χ0v) is 13.8. The molecule has 6 heteroatoms. The van der Waals surface area contributed by atoms with Crippen molar-refractivity contribution in [2.24, 2.45) is 0 Å². The summed E-state index contributed by atoms with van der Waals surface area (Å²) in [5, 5.41) is 12.2. The molecule has 0 saturated carbocycles. The number of carbonyl (C=O) groups excluding carboxylic acids is 2. The van der Waals surface area contributed by atoms with Crippen LogP contribution in [-0.4, -0.2) is 16.3 Å². The molecule has 0 saturated heterocycles. The Morgan fingerprint density at radius 2 is 2.04 bits per heavy atom. The first kappa shape index (κ1) is 15.9. The Labute approximate surface area is 149 Å². The first-order valence-corrected chi connectivity index (χ1v) is 8.21. The number of ether oxygens (including phenoxy) is 1. The molecule has 1 amide bonds. The Hall–Kier alpha value is -3.59. The molecule has 0 aliphatic carbocycles. The fourth-order valence-electron chi connectivity index (χ4n) is 3.28. The van der Waals surface area contributed by atoms with Crippen LogP contribution >= 0.6 is 0 Å². The fraction of sp³-hybridized carbons (Fsp3) is 0.150. The summed E-state index contributed by atoms with van der Waals surface area (Å²) < 4.78 is 7.16. The summed E-state index contributed by atoms with van der Waals surface area (Å²) in [6.45, 7) is -0.000603. The van der Waals surface area contributed by atoms with Crippen molar-refractivity contribution in [2.45, 2.75) is 18.9 Å². The van der Waals surface area contributed by atoms with Gasteiger partial charge in [-0.3, -0.25) is 9.59 Å². The Kier molecular flexibility index (Phi) is 3.90. The summed E-state index contributed by atoms with van der Waals surface area (Å²) in [6, 6.07) is 15.0. The van der Waals surface area contributed by atoms with Crippen LogP contribution in [0, 0.1) is 11.3 Å². The highest BCUT2D eigenvalue weighted by Crippen LogP contribution is 2.34. The summed E-state index contributed by atoms with van der Waals surface area (Å²) in [5.74, 6) is -1.21. The maximum atomic E-state index is 12.3. The quantitative estimate of drug-likeness (QED) is 0.737. The lowest BCUT2D eigenvalue weighted by molar-refractivity contribution is -0.146. The van der Waals surface area contributed by atoms with Gasteiger partial charge in [-0.15, -0.1) is 0 Å². The predicted molar refractivity (Wildman–Crippen MR) is 94.3 cm³/mol. The molecule has 4 rings (SSSR count).